The minimum absolute atomic E-state index is 0.201. The minimum Gasteiger partial charge on any atom is -0.486 e. The summed E-state index contributed by atoms with van der Waals surface area (Å²) in [5, 5.41) is 5.50. The topological polar surface area (TPSA) is 91.8 Å². The molecule has 38 heavy (non-hydrogen) atoms. The number of halogens is 1. The summed E-state index contributed by atoms with van der Waals surface area (Å²) in [7, 11) is 1.39. The molecule has 0 radical (unpaired) electrons. The van der Waals surface area contributed by atoms with Crippen LogP contribution in [0.2, 0.25) is 0 Å². The molecular weight excluding hydrogens is 487 g/mol. The molecule has 6 rings (SSSR count). The smallest absolute Gasteiger partial charge is 0.305 e. The standard InChI is InChI=1S/C29H29FN4O4/c1-36-27(35)10-11-29(31)12-13-33(28(29)19-2-9-25-26(17-19)38-15-14-37-25)23-7-8-24-20(16-23)18-32-34(24)22-5-3-21(30)4-6-22/h2-9,16-18,28H,10-15,31H2,1H3. The number of methoxy groups -OCH3 is 1. The van der Waals surface area contributed by atoms with Crippen LogP contribution in [0.3, 0.4) is 0 Å². The number of benzene rings is 3. The summed E-state index contributed by atoms with van der Waals surface area (Å²) >= 11 is 0. The van der Waals surface area contributed by atoms with Gasteiger partial charge in [-0.05, 0) is 73.0 Å². The SMILES string of the molecule is COC(=O)CCC1(N)CCN(c2ccc3c(cnn3-c3ccc(F)cc3)c2)C1c1ccc2c(c1)OCCO2. The largest absolute Gasteiger partial charge is 0.486 e. The van der Waals surface area contributed by atoms with Crippen molar-refractivity contribution in [2.24, 2.45) is 5.73 Å². The lowest BCUT2D eigenvalue weighted by Crippen LogP contribution is -2.46. The third-order valence-electron chi connectivity index (χ3n) is 7.53. The molecule has 0 spiro atoms. The molecule has 0 saturated carbocycles. The number of hydrogen-bond acceptors (Lipinski definition) is 7. The highest BCUT2D eigenvalue weighted by Crippen LogP contribution is 2.46. The van der Waals surface area contributed by atoms with Crippen LogP contribution in [0.15, 0.2) is 66.9 Å². The van der Waals surface area contributed by atoms with Gasteiger partial charge in [0, 0.05) is 29.6 Å². The molecule has 3 heterocycles. The molecular formula is C29H29FN4O4. The van der Waals surface area contributed by atoms with Crippen molar-refractivity contribution >= 4 is 22.6 Å². The van der Waals surface area contributed by atoms with E-state index in [9.17, 15) is 9.18 Å². The van der Waals surface area contributed by atoms with Crippen LogP contribution >= 0.6 is 0 Å². The summed E-state index contributed by atoms with van der Waals surface area (Å²) in [5.41, 5.74) is 10.1. The molecule has 2 aliphatic heterocycles. The summed E-state index contributed by atoms with van der Waals surface area (Å²) < 4.78 is 31.7. The number of carbonyl (C=O) groups is 1. The van der Waals surface area contributed by atoms with Crippen molar-refractivity contribution in [1.82, 2.24) is 9.78 Å². The van der Waals surface area contributed by atoms with Gasteiger partial charge >= 0.3 is 5.97 Å². The van der Waals surface area contributed by atoms with Gasteiger partial charge in [0.05, 0.1) is 30.6 Å². The highest BCUT2D eigenvalue weighted by atomic mass is 19.1. The highest BCUT2D eigenvalue weighted by Gasteiger charge is 2.46. The summed E-state index contributed by atoms with van der Waals surface area (Å²) in [5.74, 6) is 0.858. The average molecular weight is 517 g/mol. The first-order valence-corrected chi connectivity index (χ1v) is 12.7. The summed E-state index contributed by atoms with van der Waals surface area (Å²) in [6, 6.07) is 18.2. The predicted octanol–water partition coefficient (Wildman–Crippen LogP) is 4.54. The number of esters is 1. The molecule has 1 aromatic heterocycles. The van der Waals surface area contributed by atoms with Crippen molar-refractivity contribution in [1.29, 1.82) is 0 Å². The van der Waals surface area contributed by atoms with Crippen LogP contribution in [-0.4, -0.2) is 48.2 Å². The van der Waals surface area contributed by atoms with Crippen molar-refractivity contribution in [2.75, 3.05) is 31.8 Å². The van der Waals surface area contributed by atoms with Crippen LogP contribution < -0.4 is 20.1 Å². The maximum atomic E-state index is 13.4. The zero-order chi connectivity index (χ0) is 26.3. The highest BCUT2D eigenvalue weighted by molar-refractivity contribution is 5.84. The van der Waals surface area contributed by atoms with Gasteiger partial charge in [-0.15, -0.1) is 0 Å². The quantitative estimate of drug-likeness (QED) is 0.376. The third kappa shape index (κ3) is 4.32. The second kappa shape index (κ2) is 9.64. The number of fused-ring (bicyclic) bond motifs is 2. The summed E-state index contributed by atoms with van der Waals surface area (Å²) in [6.45, 7) is 1.73. The lowest BCUT2D eigenvalue weighted by molar-refractivity contribution is -0.141. The van der Waals surface area contributed by atoms with Gasteiger partial charge in [0.2, 0.25) is 0 Å². The first kappa shape index (κ1) is 24.2. The molecule has 2 aliphatic rings. The number of nitrogens with zero attached hydrogens (tertiary/aromatic N) is 3. The number of hydrogen-bond donors (Lipinski definition) is 1. The van der Waals surface area contributed by atoms with Gasteiger partial charge in [-0.3, -0.25) is 4.79 Å². The fourth-order valence-corrected chi connectivity index (χ4v) is 5.61. The van der Waals surface area contributed by atoms with E-state index in [2.05, 4.69) is 22.1 Å². The van der Waals surface area contributed by atoms with E-state index in [4.69, 9.17) is 19.9 Å². The molecule has 0 bridgehead atoms. The fourth-order valence-electron chi connectivity index (χ4n) is 5.61. The Morgan fingerprint density at radius 2 is 1.84 bits per heavy atom. The molecule has 4 aromatic rings. The number of anilines is 1. The van der Waals surface area contributed by atoms with Gasteiger partial charge in [-0.2, -0.15) is 5.10 Å². The zero-order valence-electron chi connectivity index (χ0n) is 21.1. The van der Waals surface area contributed by atoms with Gasteiger partial charge in [-0.25, -0.2) is 9.07 Å². The molecule has 3 aromatic carbocycles. The second-order valence-electron chi connectivity index (χ2n) is 9.83. The van der Waals surface area contributed by atoms with E-state index in [1.165, 1.54) is 19.2 Å². The Kier molecular flexibility index (Phi) is 6.15. The van der Waals surface area contributed by atoms with Gasteiger partial charge in [0.1, 0.15) is 19.0 Å². The Morgan fingerprint density at radius 1 is 1.08 bits per heavy atom. The van der Waals surface area contributed by atoms with Crippen LogP contribution in [0.4, 0.5) is 10.1 Å². The number of aromatic nitrogens is 2. The fraction of sp³-hybridized carbons (Fsp3) is 0.310. The number of nitrogens with two attached hydrogens (primary N) is 1. The maximum absolute atomic E-state index is 13.4. The van der Waals surface area contributed by atoms with Gasteiger partial charge in [0.25, 0.3) is 0 Å². The van der Waals surface area contributed by atoms with E-state index >= 15 is 0 Å². The van der Waals surface area contributed by atoms with Crippen LogP contribution in [0.1, 0.15) is 30.9 Å². The normalized spacial score (nSPS) is 20.6. The molecule has 2 unspecified atom stereocenters. The lowest BCUT2D eigenvalue weighted by Gasteiger charge is -2.37. The third-order valence-corrected chi connectivity index (χ3v) is 7.53. The van der Waals surface area contributed by atoms with Crippen molar-refractivity contribution in [3.05, 3.63) is 78.2 Å². The van der Waals surface area contributed by atoms with Crippen molar-refractivity contribution < 1.29 is 23.4 Å². The Hall–Kier alpha value is -4.11. The van der Waals surface area contributed by atoms with Gasteiger partial charge < -0.3 is 24.8 Å². The Balaban J connectivity index is 1.38. The van der Waals surface area contributed by atoms with Crippen LogP contribution in [0.25, 0.3) is 16.6 Å². The maximum Gasteiger partial charge on any atom is 0.305 e. The van der Waals surface area contributed by atoms with Gasteiger partial charge in [0.15, 0.2) is 11.5 Å². The monoisotopic (exact) mass is 516 g/mol. The van der Waals surface area contributed by atoms with Crippen LogP contribution in [0.5, 0.6) is 11.5 Å². The Morgan fingerprint density at radius 3 is 2.63 bits per heavy atom. The van der Waals surface area contributed by atoms with Crippen molar-refractivity contribution in [3.8, 4) is 17.2 Å². The molecule has 196 valence electrons. The molecule has 1 saturated heterocycles. The van der Waals surface area contributed by atoms with Crippen LogP contribution in [-0.2, 0) is 9.53 Å². The Bertz CT molecular complexity index is 1490. The summed E-state index contributed by atoms with van der Waals surface area (Å²) in [4.78, 5) is 14.3. The van der Waals surface area contributed by atoms with E-state index in [1.807, 2.05) is 30.5 Å². The van der Waals surface area contributed by atoms with E-state index in [-0.39, 0.29) is 24.2 Å². The second-order valence-corrected chi connectivity index (χ2v) is 9.83. The molecule has 0 aliphatic carbocycles. The minimum atomic E-state index is -0.662. The zero-order valence-corrected chi connectivity index (χ0v) is 21.1. The summed E-state index contributed by atoms with van der Waals surface area (Å²) in [6.07, 6.45) is 3.24. The number of ether oxygens (including phenoxy) is 3. The van der Waals surface area contributed by atoms with Crippen molar-refractivity contribution in [3.63, 3.8) is 0 Å². The first-order valence-electron chi connectivity index (χ1n) is 12.7. The van der Waals surface area contributed by atoms with Gasteiger partial charge in [-0.1, -0.05) is 6.07 Å². The van der Waals surface area contributed by atoms with E-state index < -0.39 is 5.54 Å². The molecule has 2 atom stereocenters. The predicted molar refractivity (Wildman–Crippen MR) is 141 cm³/mol. The number of rotatable bonds is 6. The first-order chi connectivity index (χ1) is 18.4. The van der Waals surface area contributed by atoms with E-state index in [1.54, 1.807) is 16.8 Å². The molecule has 9 heteroatoms. The molecule has 1 fully saturated rings. The number of carbonyl (C=O) groups excluding carboxylic acids is 1. The van der Waals surface area contributed by atoms with Crippen LogP contribution in [0, 0.1) is 5.82 Å². The Labute approximate surface area is 219 Å². The van der Waals surface area contributed by atoms with E-state index in [0.29, 0.717) is 38.3 Å². The molecule has 0 amide bonds. The molecule has 8 nitrogen and oxygen atoms in total. The van der Waals surface area contributed by atoms with Crippen molar-refractivity contribution in [2.45, 2.75) is 30.8 Å². The van der Waals surface area contributed by atoms with E-state index in [0.717, 1.165) is 33.6 Å². The lowest BCUT2D eigenvalue weighted by atomic mass is 9.82. The molecule has 2 N–H and O–H groups in total. The average Bonchev–Trinajstić information content (AvgIpc) is 3.53.